The molecule has 180 valence electrons. The average molecular weight is 470 g/mol. The first kappa shape index (κ1) is 21.8. The van der Waals surface area contributed by atoms with Gasteiger partial charge in [-0.3, -0.25) is 14.5 Å². The standard InChI is InChI=1S/C23H26N4O7/c1-22(2)31-17-15(30-21-19(18(17)32-22)33-23(3,4)34-21)11-26-9-12(24-25-26)10-27-14-8-6-5-7-13(14)16(28)20(27)29/h5-9,15,17-19,21H,10-11H2,1-4H3/t15-,17+,18+,19-,21-/m1/s1. The molecule has 11 heteroatoms. The van der Waals surface area contributed by atoms with Gasteiger partial charge < -0.3 is 23.7 Å². The van der Waals surface area contributed by atoms with Crippen LogP contribution in [0.25, 0.3) is 0 Å². The average Bonchev–Trinajstić information content (AvgIpc) is 3.49. The number of para-hydroxylation sites is 1. The van der Waals surface area contributed by atoms with Gasteiger partial charge in [0.05, 0.1) is 30.5 Å². The quantitative estimate of drug-likeness (QED) is 0.612. The van der Waals surface area contributed by atoms with Crippen molar-refractivity contribution in [1.82, 2.24) is 15.0 Å². The van der Waals surface area contributed by atoms with E-state index in [-0.39, 0.29) is 18.8 Å². The molecular formula is C23H26N4O7. The van der Waals surface area contributed by atoms with Crippen LogP contribution in [0.4, 0.5) is 5.69 Å². The van der Waals surface area contributed by atoms with Gasteiger partial charge in [0.15, 0.2) is 17.9 Å². The van der Waals surface area contributed by atoms with Gasteiger partial charge in [0.25, 0.3) is 11.7 Å². The maximum Gasteiger partial charge on any atom is 0.299 e. The van der Waals surface area contributed by atoms with Gasteiger partial charge in [0, 0.05) is 0 Å². The van der Waals surface area contributed by atoms with Crippen molar-refractivity contribution < 1.29 is 33.3 Å². The maximum atomic E-state index is 12.5. The Hall–Kier alpha value is -2.70. The zero-order valence-electron chi connectivity index (χ0n) is 19.3. The molecule has 4 aliphatic heterocycles. The van der Waals surface area contributed by atoms with E-state index in [0.717, 1.165) is 0 Å². The van der Waals surface area contributed by atoms with E-state index in [1.807, 2.05) is 27.7 Å². The summed E-state index contributed by atoms with van der Waals surface area (Å²) in [6.07, 6.45) is -0.412. The van der Waals surface area contributed by atoms with Crippen molar-refractivity contribution in [3.05, 3.63) is 41.7 Å². The number of anilines is 1. The molecule has 5 heterocycles. The highest BCUT2D eigenvalue weighted by Crippen LogP contribution is 2.44. The summed E-state index contributed by atoms with van der Waals surface area (Å²) in [5.74, 6) is -2.66. The minimum atomic E-state index is -0.790. The third-order valence-electron chi connectivity index (χ3n) is 6.40. The van der Waals surface area contributed by atoms with Crippen molar-refractivity contribution in [3.63, 3.8) is 0 Å². The number of nitrogens with zero attached hydrogens (tertiary/aromatic N) is 4. The zero-order chi connectivity index (χ0) is 23.8. The Labute approximate surface area is 195 Å². The molecule has 3 saturated heterocycles. The van der Waals surface area contributed by atoms with Gasteiger partial charge in [-0.05, 0) is 39.8 Å². The number of ketones is 1. The molecule has 0 spiro atoms. The fourth-order valence-corrected chi connectivity index (χ4v) is 5.09. The number of Topliss-reactive ketones (excluding diaryl/α,β-unsaturated/α-hetero) is 1. The van der Waals surface area contributed by atoms with E-state index < -0.39 is 41.8 Å². The number of rotatable bonds is 4. The van der Waals surface area contributed by atoms with Crippen LogP contribution >= 0.6 is 0 Å². The highest BCUT2D eigenvalue weighted by atomic mass is 16.9. The van der Waals surface area contributed by atoms with Crippen LogP contribution in [0.5, 0.6) is 0 Å². The summed E-state index contributed by atoms with van der Waals surface area (Å²) < 4.78 is 32.2. The first-order valence-corrected chi connectivity index (χ1v) is 11.3. The number of fused-ring (bicyclic) bond motifs is 4. The Morgan fingerprint density at radius 2 is 1.65 bits per heavy atom. The summed E-state index contributed by atoms with van der Waals surface area (Å²) in [5.41, 5.74) is 1.53. The van der Waals surface area contributed by atoms with Gasteiger partial charge in [-0.1, -0.05) is 17.3 Å². The molecule has 1 aromatic heterocycles. The Morgan fingerprint density at radius 3 is 2.47 bits per heavy atom. The smallest absolute Gasteiger partial charge is 0.299 e. The molecule has 1 aromatic carbocycles. The number of benzene rings is 1. The normalized spacial score (nSPS) is 33.2. The molecule has 0 N–H and O–H groups in total. The van der Waals surface area contributed by atoms with Gasteiger partial charge in [-0.15, -0.1) is 5.10 Å². The molecule has 3 fully saturated rings. The molecule has 0 aliphatic carbocycles. The summed E-state index contributed by atoms with van der Waals surface area (Å²) in [6, 6.07) is 6.93. The molecule has 1 amide bonds. The van der Waals surface area contributed by atoms with Crippen LogP contribution in [0.1, 0.15) is 43.7 Å². The largest absolute Gasteiger partial charge is 0.342 e. The van der Waals surface area contributed by atoms with Crippen LogP contribution in [-0.4, -0.2) is 69.0 Å². The van der Waals surface area contributed by atoms with Crippen molar-refractivity contribution in [2.75, 3.05) is 4.90 Å². The van der Waals surface area contributed by atoms with E-state index in [4.69, 9.17) is 23.7 Å². The van der Waals surface area contributed by atoms with Crippen molar-refractivity contribution in [2.45, 2.75) is 83.1 Å². The van der Waals surface area contributed by atoms with Crippen molar-refractivity contribution in [1.29, 1.82) is 0 Å². The van der Waals surface area contributed by atoms with Gasteiger partial charge in [-0.2, -0.15) is 0 Å². The minimum absolute atomic E-state index is 0.141. The summed E-state index contributed by atoms with van der Waals surface area (Å²) in [7, 11) is 0. The summed E-state index contributed by atoms with van der Waals surface area (Å²) in [5, 5.41) is 8.42. The number of hydrogen-bond donors (Lipinski definition) is 0. The Morgan fingerprint density at radius 1 is 0.941 bits per heavy atom. The topological polar surface area (TPSA) is 114 Å². The number of ether oxygens (including phenoxy) is 5. The Balaban J connectivity index is 1.20. The molecule has 5 atom stereocenters. The van der Waals surface area contributed by atoms with Crippen molar-refractivity contribution in [3.8, 4) is 0 Å². The molecule has 2 aromatic rings. The molecule has 6 rings (SSSR count). The molecule has 34 heavy (non-hydrogen) atoms. The lowest BCUT2D eigenvalue weighted by Crippen LogP contribution is -2.56. The highest BCUT2D eigenvalue weighted by molar-refractivity contribution is 6.52. The van der Waals surface area contributed by atoms with Crippen LogP contribution < -0.4 is 4.90 Å². The predicted molar refractivity (Wildman–Crippen MR) is 115 cm³/mol. The van der Waals surface area contributed by atoms with Crippen LogP contribution in [0.3, 0.4) is 0 Å². The van der Waals surface area contributed by atoms with E-state index in [0.29, 0.717) is 23.5 Å². The summed E-state index contributed by atoms with van der Waals surface area (Å²) in [4.78, 5) is 26.2. The lowest BCUT2D eigenvalue weighted by atomic mass is 9.99. The molecule has 4 aliphatic rings. The fourth-order valence-electron chi connectivity index (χ4n) is 5.09. The molecule has 0 radical (unpaired) electrons. The first-order chi connectivity index (χ1) is 16.1. The van der Waals surface area contributed by atoms with Crippen molar-refractivity contribution >= 4 is 17.4 Å². The van der Waals surface area contributed by atoms with Crippen LogP contribution in [-0.2, 0) is 41.6 Å². The minimum Gasteiger partial charge on any atom is -0.342 e. The van der Waals surface area contributed by atoms with Crippen LogP contribution in [0.15, 0.2) is 30.5 Å². The van der Waals surface area contributed by atoms with Crippen molar-refractivity contribution in [2.24, 2.45) is 0 Å². The first-order valence-electron chi connectivity index (χ1n) is 11.3. The Kier molecular flexibility index (Phi) is 4.74. The van der Waals surface area contributed by atoms with Crippen LogP contribution in [0, 0.1) is 0 Å². The van der Waals surface area contributed by atoms with Gasteiger partial charge >= 0.3 is 0 Å². The second-order valence-corrected chi connectivity index (χ2v) is 9.88. The number of aromatic nitrogens is 3. The number of amides is 1. The molecule has 11 nitrogen and oxygen atoms in total. The third kappa shape index (κ3) is 3.55. The van der Waals surface area contributed by atoms with Crippen LogP contribution in [0.2, 0.25) is 0 Å². The van der Waals surface area contributed by atoms with Gasteiger partial charge in [0.2, 0.25) is 0 Å². The lowest BCUT2D eigenvalue weighted by molar-refractivity contribution is -0.236. The second-order valence-electron chi connectivity index (χ2n) is 9.88. The van der Waals surface area contributed by atoms with E-state index in [1.54, 1.807) is 35.1 Å². The lowest BCUT2D eigenvalue weighted by Gasteiger charge is -2.37. The van der Waals surface area contributed by atoms with E-state index in [9.17, 15) is 9.59 Å². The molecule has 0 saturated carbocycles. The Bertz CT molecular complexity index is 1160. The maximum absolute atomic E-state index is 12.5. The summed E-state index contributed by atoms with van der Waals surface area (Å²) in [6.45, 7) is 7.87. The second kappa shape index (κ2) is 7.40. The predicted octanol–water partition coefficient (Wildman–Crippen LogP) is 1.40. The molecule has 0 bridgehead atoms. The molecule has 0 unspecified atom stereocenters. The fraction of sp³-hybridized carbons (Fsp3) is 0.565. The van der Waals surface area contributed by atoms with Gasteiger partial charge in [-0.25, -0.2) is 4.68 Å². The number of carbonyl (C=O) groups is 2. The zero-order valence-corrected chi connectivity index (χ0v) is 19.3. The van der Waals surface area contributed by atoms with E-state index in [1.165, 1.54) is 4.90 Å². The monoisotopic (exact) mass is 470 g/mol. The highest BCUT2D eigenvalue weighted by Gasteiger charge is 2.60. The number of carbonyl (C=O) groups excluding carboxylic acids is 2. The molecular weight excluding hydrogens is 444 g/mol. The third-order valence-corrected chi connectivity index (χ3v) is 6.40. The summed E-state index contributed by atoms with van der Waals surface area (Å²) >= 11 is 0. The van der Waals surface area contributed by atoms with Gasteiger partial charge in [0.1, 0.15) is 30.1 Å². The SMILES string of the molecule is CC1(C)O[C@H]2[C@@H](O1)[C@@H](Cn1cc(CN3C(=O)C(=O)c4ccccc43)nn1)O[C@@H]1OC(C)(C)O[C@@H]12. The number of hydrogen-bond acceptors (Lipinski definition) is 9. The van der Waals surface area contributed by atoms with E-state index in [2.05, 4.69) is 10.3 Å². The van der Waals surface area contributed by atoms with E-state index >= 15 is 0 Å².